The molecule has 0 radical (unpaired) electrons. The number of nitrogens with one attached hydrogen (secondary N) is 1. The zero-order valence-corrected chi connectivity index (χ0v) is 25.9. The van der Waals surface area contributed by atoms with Gasteiger partial charge in [-0.1, -0.05) is 6.07 Å². The Kier molecular flexibility index (Phi) is 7.31. The molecule has 1 fully saturated rings. The number of hydrogen-bond donors (Lipinski definition) is 3. The van der Waals surface area contributed by atoms with E-state index in [-0.39, 0.29) is 57.4 Å². The van der Waals surface area contributed by atoms with E-state index in [1.54, 1.807) is 10.9 Å². The van der Waals surface area contributed by atoms with Gasteiger partial charge in [-0.15, -0.1) is 0 Å². The van der Waals surface area contributed by atoms with Gasteiger partial charge in [-0.05, 0) is 50.1 Å². The number of carbonyl (C=O) groups is 2. The molecule has 0 saturated heterocycles. The van der Waals surface area contributed by atoms with Crippen molar-refractivity contribution < 1.29 is 46.1 Å². The zero-order valence-electron chi connectivity index (χ0n) is 25.9. The molecular formula is C32H28F5N7O5. The number of fused-ring (bicyclic) bond motifs is 3. The summed E-state index contributed by atoms with van der Waals surface area (Å²) in [5.74, 6) is -1.71. The maximum atomic E-state index is 14.9. The molecule has 1 aliphatic carbocycles. The average molecular weight is 686 g/mol. The minimum absolute atomic E-state index is 0.0424. The predicted molar refractivity (Wildman–Crippen MR) is 163 cm³/mol. The number of alkyl halides is 5. The van der Waals surface area contributed by atoms with Gasteiger partial charge in [0, 0.05) is 39.9 Å². The monoisotopic (exact) mass is 685 g/mol. The van der Waals surface area contributed by atoms with Crippen LogP contribution in [0.15, 0.2) is 48.8 Å². The van der Waals surface area contributed by atoms with Crippen LogP contribution in [0.5, 0.6) is 11.5 Å². The number of amides is 2. The Labute approximate surface area is 273 Å². The van der Waals surface area contributed by atoms with Gasteiger partial charge in [0.1, 0.15) is 34.7 Å². The highest BCUT2D eigenvalue weighted by Gasteiger charge is 2.57. The predicted octanol–water partition coefficient (Wildman–Crippen LogP) is 4.50. The number of methoxy groups -OCH3 is 1. The fourth-order valence-electron chi connectivity index (χ4n) is 5.87. The van der Waals surface area contributed by atoms with Gasteiger partial charge in [0.25, 0.3) is 5.91 Å². The van der Waals surface area contributed by atoms with E-state index in [9.17, 15) is 36.6 Å². The maximum Gasteiger partial charge on any atom is 0.424 e. The van der Waals surface area contributed by atoms with Gasteiger partial charge < -0.3 is 25.6 Å². The largest absolute Gasteiger partial charge is 0.494 e. The molecule has 1 aliphatic heterocycles. The number of pyridine rings is 1. The fourth-order valence-corrected chi connectivity index (χ4v) is 5.87. The van der Waals surface area contributed by atoms with Crippen LogP contribution in [0, 0.1) is 0 Å². The zero-order chi connectivity index (χ0) is 35.0. The van der Waals surface area contributed by atoms with Crippen molar-refractivity contribution in [2.75, 3.05) is 20.3 Å². The van der Waals surface area contributed by atoms with Crippen molar-refractivity contribution in [3.63, 3.8) is 0 Å². The number of nitrogens with zero attached hydrogens (tertiary/aromatic N) is 5. The lowest BCUT2D eigenvalue weighted by atomic mass is 9.81. The van der Waals surface area contributed by atoms with Crippen molar-refractivity contribution >= 4 is 33.6 Å². The first-order chi connectivity index (χ1) is 23.1. The van der Waals surface area contributed by atoms with E-state index < -0.39 is 47.8 Å². The molecule has 0 spiro atoms. The molecule has 49 heavy (non-hydrogen) atoms. The van der Waals surface area contributed by atoms with Crippen molar-refractivity contribution in [1.82, 2.24) is 29.9 Å². The van der Waals surface area contributed by atoms with Crippen molar-refractivity contribution in [3.8, 4) is 22.8 Å². The van der Waals surface area contributed by atoms with Gasteiger partial charge in [-0.3, -0.25) is 14.3 Å². The van der Waals surface area contributed by atoms with Crippen LogP contribution in [0.2, 0.25) is 0 Å². The average Bonchev–Trinajstić information content (AvgIpc) is 3.51. The smallest absolute Gasteiger partial charge is 0.424 e. The third-order valence-electron chi connectivity index (χ3n) is 9.00. The first kappa shape index (κ1) is 32.2. The van der Waals surface area contributed by atoms with Crippen LogP contribution < -0.4 is 20.5 Å². The summed E-state index contributed by atoms with van der Waals surface area (Å²) in [6.07, 6.45) is -0.743. The van der Waals surface area contributed by atoms with Crippen molar-refractivity contribution in [2.24, 2.45) is 5.73 Å². The molecule has 5 aromatic rings. The number of primary amides is 1. The SMILES string of the molecule is COc1cc(C(=O)NCC(O)(c2cc3c(c(-c4ccc5nn(C(F)F)cc5c4)n2)OC[C@]3(C)C(N)=O)C(F)(F)F)cc2cn(C3CC3)nc12. The van der Waals surface area contributed by atoms with Crippen LogP contribution in [0.4, 0.5) is 22.0 Å². The number of aliphatic hydroxyl groups is 1. The normalized spacial score (nSPS) is 18.8. The van der Waals surface area contributed by atoms with E-state index in [1.807, 2.05) is 0 Å². The Morgan fingerprint density at radius 2 is 1.90 bits per heavy atom. The highest BCUT2D eigenvalue weighted by Crippen LogP contribution is 2.48. The van der Waals surface area contributed by atoms with E-state index in [1.165, 1.54) is 44.4 Å². The lowest BCUT2D eigenvalue weighted by Crippen LogP contribution is -2.51. The Balaban J connectivity index is 1.30. The first-order valence-electron chi connectivity index (χ1n) is 15.0. The Bertz CT molecular complexity index is 2160. The summed E-state index contributed by atoms with van der Waals surface area (Å²) in [6, 6.07) is 8.00. The molecule has 2 aromatic carbocycles. The molecule has 2 amide bonds. The van der Waals surface area contributed by atoms with Crippen molar-refractivity contribution in [3.05, 3.63) is 65.6 Å². The quantitative estimate of drug-likeness (QED) is 0.191. The molecule has 1 unspecified atom stereocenters. The van der Waals surface area contributed by atoms with Gasteiger partial charge in [0.15, 0.2) is 0 Å². The molecule has 1 saturated carbocycles. The maximum absolute atomic E-state index is 14.9. The van der Waals surface area contributed by atoms with Crippen LogP contribution in [0.3, 0.4) is 0 Å². The molecule has 17 heteroatoms. The van der Waals surface area contributed by atoms with E-state index in [0.29, 0.717) is 15.6 Å². The van der Waals surface area contributed by atoms with Gasteiger partial charge in [0.2, 0.25) is 11.5 Å². The molecule has 0 bridgehead atoms. The van der Waals surface area contributed by atoms with E-state index in [0.717, 1.165) is 25.1 Å². The van der Waals surface area contributed by atoms with E-state index in [4.69, 9.17) is 15.2 Å². The number of hydrogen-bond acceptors (Lipinski definition) is 8. The minimum atomic E-state index is -5.41. The summed E-state index contributed by atoms with van der Waals surface area (Å²) in [6.45, 7) is -3.30. The topological polar surface area (TPSA) is 159 Å². The Hall–Kier alpha value is -5.32. The van der Waals surface area contributed by atoms with Gasteiger partial charge in [-0.25, -0.2) is 9.67 Å². The molecule has 12 nitrogen and oxygen atoms in total. The van der Waals surface area contributed by atoms with E-state index >= 15 is 0 Å². The molecule has 4 heterocycles. The summed E-state index contributed by atoms with van der Waals surface area (Å²) in [5, 5.41) is 22.6. The van der Waals surface area contributed by atoms with Gasteiger partial charge >= 0.3 is 12.7 Å². The minimum Gasteiger partial charge on any atom is -0.494 e. The summed E-state index contributed by atoms with van der Waals surface area (Å²) >= 11 is 0. The molecule has 2 atom stereocenters. The summed E-state index contributed by atoms with van der Waals surface area (Å²) in [5.41, 5.74) is -0.302. The molecule has 7 rings (SSSR count). The Morgan fingerprint density at radius 1 is 1.14 bits per heavy atom. The third-order valence-corrected chi connectivity index (χ3v) is 9.00. The number of halogens is 5. The number of nitrogens with two attached hydrogens (primary N) is 1. The fraction of sp³-hybridized carbons (Fsp3) is 0.344. The summed E-state index contributed by atoms with van der Waals surface area (Å²) < 4.78 is 84.6. The van der Waals surface area contributed by atoms with Crippen LogP contribution in [-0.4, -0.2) is 67.9 Å². The van der Waals surface area contributed by atoms with Crippen LogP contribution >= 0.6 is 0 Å². The second kappa shape index (κ2) is 11.1. The second-order valence-electron chi connectivity index (χ2n) is 12.4. The van der Waals surface area contributed by atoms with Crippen molar-refractivity contribution in [2.45, 2.75) is 49.5 Å². The second-order valence-corrected chi connectivity index (χ2v) is 12.4. The number of aromatic nitrogens is 5. The third kappa shape index (κ3) is 5.28. The summed E-state index contributed by atoms with van der Waals surface area (Å²) in [4.78, 5) is 30.1. The number of ether oxygens (including phenoxy) is 2. The molecule has 2 aliphatic rings. The standard InChI is InChI=1S/C32H28F5N7O5/c1-30(28(38)46)14-49-26-20(30)10-23(40-25(26)15-3-6-21-17(7-15)11-44(41-21)29(33)34)31(47,32(35,36)37)13-39-27(45)16-8-18-12-43(19-4-5-19)42-24(18)22(9-16)48-2/h3,6-12,19,29,47H,4-5,13-14H2,1-2H3,(H2,38,46)(H,39,45)/t30-,31?/m0/s1. The molecule has 4 N–H and O–H groups in total. The molecule has 256 valence electrons. The van der Waals surface area contributed by atoms with Crippen molar-refractivity contribution in [1.29, 1.82) is 0 Å². The van der Waals surface area contributed by atoms with Crippen LogP contribution in [0.1, 0.15) is 54.0 Å². The molecular weight excluding hydrogens is 657 g/mol. The first-order valence-corrected chi connectivity index (χ1v) is 15.0. The highest BCUT2D eigenvalue weighted by atomic mass is 19.4. The number of rotatable bonds is 9. The number of carbonyl (C=O) groups excluding carboxylic acids is 2. The van der Waals surface area contributed by atoms with Crippen LogP contribution in [-0.2, 0) is 15.8 Å². The molecule has 3 aromatic heterocycles. The summed E-state index contributed by atoms with van der Waals surface area (Å²) in [7, 11) is 1.37. The highest BCUT2D eigenvalue weighted by molar-refractivity contribution is 6.00. The van der Waals surface area contributed by atoms with Gasteiger partial charge in [0.05, 0.1) is 30.9 Å². The Morgan fingerprint density at radius 3 is 2.55 bits per heavy atom. The lowest BCUT2D eigenvalue weighted by Gasteiger charge is -2.31. The van der Waals surface area contributed by atoms with Crippen LogP contribution in [0.25, 0.3) is 33.1 Å². The van der Waals surface area contributed by atoms with Gasteiger partial charge in [-0.2, -0.15) is 32.1 Å². The number of benzene rings is 2. The lowest BCUT2D eigenvalue weighted by molar-refractivity contribution is -0.265. The van der Waals surface area contributed by atoms with E-state index in [2.05, 4.69) is 20.5 Å².